The Morgan fingerprint density at radius 1 is 1.03 bits per heavy atom. The molecule has 8 heteroatoms. The Morgan fingerprint density at radius 2 is 1.82 bits per heavy atom. The number of nitrogens with one attached hydrogen (secondary N) is 1. The van der Waals surface area contributed by atoms with Crippen LogP contribution in [0.15, 0.2) is 77.9 Å². The molecule has 0 unspecified atom stereocenters. The molecule has 6 rings (SSSR count). The average Bonchev–Trinajstić information content (AvgIpc) is 3.28. The number of carbonyl (C=O) groups excluding carboxylic acids is 1. The number of H-pyrrole nitrogens is 1. The van der Waals surface area contributed by atoms with Crippen LogP contribution in [-0.4, -0.2) is 25.5 Å². The third-order valence-electron chi connectivity index (χ3n) is 7.30. The van der Waals surface area contributed by atoms with Crippen molar-refractivity contribution in [3.8, 4) is 16.8 Å². The maximum atomic E-state index is 13.4. The zero-order valence-corrected chi connectivity index (χ0v) is 22.3. The van der Waals surface area contributed by atoms with E-state index in [0.717, 1.165) is 38.5 Å². The number of hydrogen-bond donors (Lipinski definition) is 3. The van der Waals surface area contributed by atoms with Crippen molar-refractivity contribution >= 4 is 50.2 Å². The van der Waals surface area contributed by atoms with Gasteiger partial charge in [-0.15, -0.1) is 0 Å². The number of carbonyl (C=O) groups is 1. The standard InChI is InChI=1S/C31H25ClN4O3/c1-16-19(5-4-6-26(16)36-15-34-24-12-8-18(32)14-23(24)30(36)38)20-10-11-22(29(33)37)28-27(20)21-9-7-17(31(2,3)39)13-25(21)35-28/h4-15,35,39H,1-3H3,(H2,33,37). The van der Waals surface area contributed by atoms with Crippen molar-refractivity contribution in [2.24, 2.45) is 5.73 Å². The van der Waals surface area contributed by atoms with Crippen LogP contribution in [0.2, 0.25) is 5.02 Å². The van der Waals surface area contributed by atoms with Crippen molar-refractivity contribution in [2.75, 3.05) is 0 Å². The van der Waals surface area contributed by atoms with Crippen LogP contribution in [0.4, 0.5) is 0 Å². The molecule has 0 bridgehead atoms. The molecule has 0 aliphatic heterocycles. The summed E-state index contributed by atoms with van der Waals surface area (Å²) in [5, 5.41) is 13.2. The van der Waals surface area contributed by atoms with Crippen molar-refractivity contribution in [3.05, 3.63) is 105 Å². The van der Waals surface area contributed by atoms with E-state index in [9.17, 15) is 14.7 Å². The number of rotatable bonds is 4. The van der Waals surface area contributed by atoms with Crippen molar-refractivity contribution in [3.63, 3.8) is 0 Å². The van der Waals surface area contributed by atoms with Crippen LogP contribution in [-0.2, 0) is 5.60 Å². The SMILES string of the molecule is Cc1c(-c2ccc(C(N)=O)c3[nH]c4cc(C(C)(C)O)ccc4c23)cccc1-n1cnc2ccc(Cl)cc2c1=O. The number of aromatic amines is 1. The van der Waals surface area contributed by atoms with Crippen LogP contribution in [0.3, 0.4) is 0 Å². The van der Waals surface area contributed by atoms with Crippen molar-refractivity contribution < 1.29 is 9.90 Å². The third-order valence-corrected chi connectivity index (χ3v) is 7.54. The summed E-state index contributed by atoms with van der Waals surface area (Å²) < 4.78 is 1.53. The second-order valence-corrected chi connectivity index (χ2v) is 10.7. The molecular weight excluding hydrogens is 512 g/mol. The number of benzene rings is 4. The van der Waals surface area contributed by atoms with Gasteiger partial charge in [-0.05, 0) is 79.4 Å². The predicted molar refractivity (Wildman–Crippen MR) is 156 cm³/mol. The van der Waals surface area contributed by atoms with E-state index in [4.69, 9.17) is 17.3 Å². The molecule has 4 N–H and O–H groups in total. The minimum absolute atomic E-state index is 0.219. The molecule has 194 valence electrons. The number of fused-ring (bicyclic) bond motifs is 4. The maximum Gasteiger partial charge on any atom is 0.265 e. The first-order valence-electron chi connectivity index (χ1n) is 12.4. The second kappa shape index (κ2) is 8.80. The number of amides is 1. The number of nitrogens with two attached hydrogens (primary N) is 1. The van der Waals surface area contributed by atoms with E-state index in [1.165, 1.54) is 10.9 Å². The Labute approximate surface area is 228 Å². The van der Waals surface area contributed by atoms with Crippen LogP contribution in [0.25, 0.3) is 49.5 Å². The summed E-state index contributed by atoms with van der Waals surface area (Å²) >= 11 is 6.16. The lowest BCUT2D eigenvalue weighted by molar-refractivity contribution is 0.0787. The molecule has 0 atom stereocenters. The van der Waals surface area contributed by atoms with E-state index in [1.54, 1.807) is 38.1 Å². The molecule has 0 spiro atoms. The first-order chi connectivity index (χ1) is 18.5. The first kappa shape index (κ1) is 24.9. The van der Waals surface area contributed by atoms with E-state index in [2.05, 4.69) is 9.97 Å². The van der Waals surface area contributed by atoms with Gasteiger partial charge in [-0.1, -0.05) is 41.9 Å². The Kier molecular flexibility index (Phi) is 5.61. The average molecular weight is 537 g/mol. The topological polar surface area (TPSA) is 114 Å². The summed E-state index contributed by atoms with van der Waals surface area (Å²) in [7, 11) is 0. The molecule has 2 heterocycles. The summed E-state index contributed by atoms with van der Waals surface area (Å²) in [4.78, 5) is 33.6. The number of aliphatic hydroxyl groups is 1. The lowest BCUT2D eigenvalue weighted by Crippen LogP contribution is -2.19. The molecule has 0 saturated heterocycles. The predicted octanol–water partition coefficient (Wildman–Crippen LogP) is 5.98. The highest BCUT2D eigenvalue weighted by Crippen LogP contribution is 2.39. The largest absolute Gasteiger partial charge is 0.386 e. The number of halogens is 1. The molecule has 2 aromatic heterocycles. The quantitative estimate of drug-likeness (QED) is 0.257. The fourth-order valence-corrected chi connectivity index (χ4v) is 5.44. The zero-order valence-electron chi connectivity index (χ0n) is 21.5. The van der Waals surface area contributed by atoms with Crippen LogP contribution in [0, 0.1) is 6.92 Å². The minimum atomic E-state index is -1.03. The van der Waals surface area contributed by atoms with Crippen LogP contribution in [0.5, 0.6) is 0 Å². The number of primary amides is 1. The van der Waals surface area contributed by atoms with E-state index >= 15 is 0 Å². The molecule has 6 aromatic rings. The Morgan fingerprint density at radius 3 is 2.56 bits per heavy atom. The lowest BCUT2D eigenvalue weighted by atomic mass is 9.92. The van der Waals surface area contributed by atoms with Crippen LogP contribution >= 0.6 is 11.6 Å². The highest BCUT2D eigenvalue weighted by molar-refractivity contribution is 6.31. The molecule has 0 radical (unpaired) electrons. The monoisotopic (exact) mass is 536 g/mol. The van der Waals surface area contributed by atoms with Gasteiger partial charge in [-0.2, -0.15) is 0 Å². The van der Waals surface area contributed by atoms with E-state index in [1.807, 2.05) is 49.4 Å². The van der Waals surface area contributed by atoms with Crippen molar-refractivity contribution in [1.29, 1.82) is 0 Å². The van der Waals surface area contributed by atoms with Gasteiger partial charge in [0.25, 0.3) is 11.5 Å². The van der Waals surface area contributed by atoms with E-state index < -0.39 is 11.5 Å². The van der Waals surface area contributed by atoms with Gasteiger partial charge in [0.15, 0.2) is 0 Å². The van der Waals surface area contributed by atoms with E-state index in [-0.39, 0.29) is 5.56 Å². The smallest absolute Gasteiger partial charge is 0.265 e. The van der Waals surface area contributed by atoms with Gasteiger partial charge >= 0.3 is 0 Å². The van der Waals surface area contributed by atoms with Crippen molar-refractivity contribution in [1.82, 2.24) is 14.5 Å². The summed E-state index contributed by atoms with van der Waals surface area (Å²) in [5.74, 6) is -0.543. The molecule has 7 nitrogen and oxygen atoms in total. The Bertz CT molecular complexity index is 2030. The van der Waals surface area contributed by atoms with Gasteiger partial charge in [0.1, 0.15) is 6.33 Å². The third kappa shape index (κ3) is 3.98. The van der Waals surface area contributed by atoms with E-state index in [0.29, 0.717) is 32.7 Å². The normalized spacial score (nSPS) is 12.0. The summed E-state index contributed by atoms with van der Waals surface area (Å²) in [6, 6.07) is 20.1. The fourth-order valence-electron chi connectivity index (χ4n) is 5.27. The summed E-state index contributed by atoms with van der Waals surface area (Å²) in [6.07, 6.45) is 1.53. The summed E-state index contributed by atoms with van der Waals surface area (Å²) in [6.45, 7) is 5.40. The molecule has 0 saturated carbocycles. The molecule has 1 amide bonds. The zero-order chi connectivity index (χ0) is 27.6. The molecular formula is C31H25ClN4O3. The maximum absolute atomic E-state index is 13.4. The molecule has 0 aliphatic carbocycles. The molecule has 0 fully saturated rings. The Hall–Kier alpha value is -4.46. The summed E-state index contributed by atoms with van der Waals surface area (Å²) in [5.41, 5.74) is 10.9. The highest BCUT2D eigenvalue weighted by Gasteiger charge is 2.21. The van der Waals surface area contributed by atoms with Crippen molar-refractivity contribution in [2.45, 2.75) is 26.4 Å². The van der Waals surface area contributed by atoms with Crippen LogP contribution < -0.4 is 11.3 Å². The van der Waals surface area contributed by atoms with Gasteiger partial charge in [0.05, 0.1) is 33.3 Å². The Balaban J connectivity index is 1.63. The number of nitrogens with zero attached hydrogens (tertiary/aromatic N) is 2. The minimum Gasteiger partial charge on any atom is -0.386 e. The van der Waals surface area contributed by atoms with Gasteiger partial charge in [-0.25, -0.2) is 4.98 Å². The van der Waals surface area contributed by atoms with Crippen LogP contribution in [0.1, 0.15) is 35.3 Å². The number of hydrogen-bond acceptors (Lipinski definition) is 4. The highest BCUT2D eigenvalue weighted by atomic mass is 35.5. The second-order valence-electron chi connectivity index (χ2n) is 10.3. The van der Waals surface area contributed by atoms with Gasteiger partial charge in [-0.3, -0.25) is 14.2 Å². The van der Waals surface area contributed by atoms with Gasteiger partial charge < -0.3 is 15.8 Å². The molecule has 39 heavy (non-hydrogen) atoms. The fraction of sp³-hybridized carbons (Fsp3) is 0.129. The number of aromatic nitrogens is 3. The van der Waals surface area contributed by atoms with Gasteiger partial charge in [0, 0.05) is 21.3 Å². The first-order valence-corrected chi connectivity index (χ1v) is 12.8. The molecule has 4 aromatic carbocycles. The lowest BCUT2D eigenvalue weighted by Gasteiger charge is -2.17. The molecule has 0 aliphatic rings. The van der Waals surface area contributed by atoms with Gasteiger partial charge in [0.2, 0.25) is 0 Å².